The van der Waals surface area contributed by atoms with Crippen molar-refractivity contribution in [1.29, 1.82) is 0 Å². The van der Waals surface area contributed by atoms with E-state index in [0.29, 0.717) is 23.7 Å². The highest BCUT2D eigenvalue weighted by molar-refractivity contribution is 7.90. The predicted molar refractivity (Wildman–Crippen MR) is 143 cm³/mol. The number of nitrogens with zero attached hydrogens (tertiary/aromatic N) is 3. The lowest BCUT2D eigenvalue weighted by Crippen LogP contribution is -2.22. The number of amides is 2. The summed E-state index contributed by atoms with van der Waals surface area (Å²) in [6.07, 6.45) is 4.75. The van der Waals surface area contributed by atoms with Gasteiger partial charge in [-0.05, 0) is 77.7 Å². The number of hydrogen-bond acceptors (Lipinski definition) is 4. The summed E-state index contributed by atoms with van der Waals surface area (Å²) < 4.78 is 26.5. The van der Waals surface area contributed by atoms with Crippen LogP contribution in [0.1, 0.15) is 55.2 Å². The number of azide groups is 1. The minimum absolute atomic E-state index is 0.172. The van der Waals surface area contributed by atoms with Gasteiger partial charge in [-0.1, -0.05) is 50.1 Å². The number of phenolic OH excluding ortho intramolecular Hbond substituents is 1. The molecule has 4 rings (SSSR count). The van der Waals surface area contributed by atoms with Gasteiger partial charge in [0.15, 0.2) is 0 Å². The molecule has 2 atom stereocenters. The fourth-order valence-corrected chi connectivity index (χ4v) is 5.67. The molecule has 0 saturated heterocycles. The maximum Gasteiger partial charge on any atom is 0.323 e. The summed E-state index contributed by atoms with van der Waals surface area (Å²) >= 11 is 0. The third kappa shape index (κ3) is 6.41. The first-order chi connectivity index (χ1) is 17.8. The van der Waals surface area contributed by atoms with Crippen LogP contribution in [0.5, 0.6) is 5.75 Å². The van der Waals surface area contributed by atoms with Crippen molar-refractivity contribution in [3.05, 3.63) is 93.9 Å². The van der Waals surface area contributed by atoms with Crippen molar-refractivity contribution in [1.82, 2.24) is 0 Å². The molecule has 1 saturated carbocycles. The quantitative estimate of drug-likeness (QED) is 0.135. The van der Waals surface area contributed by atoms with E-state index in [2.05, 4.69) is 27.0 Å². The molecule has 3 N–H and O–H groups in total. The Hall–Kier alpha value is -4.01. The SMILES string of the molecule is CC1CCCC(c2c(NC(=O)Nc3ccc(S(=O)(=O)N=[N+]=[N-])cc3)ccc(O)c2Cc2ccccc2)C1. The Morgan fingerprint density at radius 2 is 1.78 bits per heavy atom. The lowest BCUT2D eigenvalue weighted by Gasteiger charge is -2.31. The first-order valence-corrected chi connectivity index (χ1v) is 13.6. The van der Waals surface area contributed by atoms with E-state index in [1.54, 1.807) is 12.1 Å². The molecule has 10 heteroatoms. The average molecular weight is 520 g/mol. The van der Waals surface area contributed by atoms with Crippen molar-refractivity contribution >= 4 is 27.4 Å². The van der Waals surface area contributed by atoms with E-state index in [9.17, 15) is 18.3 Å². The van der Waals surface area contributed by atoms with Crippen molar-refractivity contribution < 1.29 is 18.3 Å². The highest BCUT2D eigenvalue weighted by Gasteiger charge is 2.27. The zero-order chi connectivity index (χ0) is 26.4. The summed E-state index contributed by atoms with van der Waals surface area (Å²) in [6, 6.07) is 18.1. The Labute approximate surface area is 216 Å². The number of anilines is 2. The van der Waals surface area contributed by atoms with Gasteiger partial charge in [0.1, 0.15) is 5.75 Å². The second kappa shape index (κ2) is 11.4. The number of benzene rings is 3. The summed E-state index contributed by atoms with van der Waals surface area (Å²) in [7, 11) is -4.11. The van der Waals surface area contributed by atoms with Gasteiger partial charge in [0.2, 0.25) is 0 Å². The van der Waals surface area contributed by atoms with Crippen molar-refractivity contribution in [2.45, 2.75) is 49.8 Å². The molecular formula is C27H29N5O4S. The predicted octanol–water partition coefficient (Wildman–Crippen LogP) is 6.92. The van der Waals surface area contributed by atoms with Gasteiger partial charge < -0.3 is 15.7 Å². The van der Waals surface area contributed by atoms with Crippen molar-refractivity contribution in [2.75, 3.05) is 10.6 Å². The standard InChI is InChI=1S/C27H29N5O4S/c1-18-6-5-9-20(16-18)26-23(17-19-7-3-2-4-8-19)25(33)15-14-24(26)30-27(34)29-21-10-12-22(13-11-21)37(35,36)32-31-28/h2-4,7-8,10-15,18,20,33H,5-6,9,16-17H2,1H3,(H2,29,30,34). The molecule has 3 aromatic rings. The smallest absolute Gasteiger partial charge is 0.323 e. The first kappa shape index (κ1) is 26.1. The van der Waals surface area contributed by atoms with Crippen molar-refractivity contribution in [2.24, 2.45) is 10.4 Å². The van der Waals surface area contributed by atoms with E-state index in [1.807, 2.05) is 30.3 Å². The third-order valence-corrected chi connectivity index (χ3v) is 7.86. The van der Waals surface area contributed by atoms with Crippen LogP contribution in [0.25, 0.3) is 10.4 Å². The van der Waals surface area contributed by atoms with E-state index in [4.69, 9.17) is 5.53 Å². The molecule has 37 heavy (non-hydrogen) atoms. The Balaban J connectivity index is 1.61. The van der Waals surface area contributed by atoms with E-state index >= 15 is 0 Å². The second-order valence-corrected chi connectivity index (χ2v) is 11.0. The molecule has 0 aromatic heterocycles. The van der Waals surface area contributed by atoms with Crippen LogP contribution in [-0.4, -0.2) is 19.6 Å². The summed E-state index contributed by atoms with van der Waals surface area (Å²) in [5.74, 6) is 0.961. The molecule has 0 aliphatic heterocycles. The Kier molecular flexibility index (Phi) is 8.01. The molecule has 0 radical (unpaired) electrons. The van der Waals surface area contributed by atoms with Crippen LogP contribution in [0.15, 0.2) is 76.1 Å². The van der Waals surface area contributed by atoms with Gasteiger partial charge in [0, 0.05) is 32.8 Å². The Morgan fingerprint density at radius 1 is 1.05 bits per heavy atom. The topological polar surface area (TPSA) is 144 Å². The molecule has 1 aliphatic carbocycles. The molecule has 1 fully saturated rings. The highest BCUT2D eigenvalue weighted by Crippen LogP contribution is 2.43. The maximum absolute atomic E-state index is 13.0. The monoisotopic (exact) mass is 519 g/mol. The molecule has 1 aliphatic rings. The number of rotatable bonds is 7. The van der Waals surface area contributed by atoms with Crippen molar-refractivity contribution in [3.8, 4) is 5.75 Å². The summed E-state index contributed by atoms with van der Waals surface area (Å²) in [6.45, 7) is 2.23. The minimum Gasteiger partial charge on any atom is -0.508 e. The van der Waals surface area contributed by atoms with E-state index in [0.717, 1.165) is 42.4 Å². The van der Waals surface area contributed by atoms with Gasteiger partial charge in [0.05, 0.1) is 4.90 Å². The summed E-state index contributed by atoms with van der Waals surface area (Å²) in [4.78, 5) is 15.1. The second-order valence-electron chi connectivity index (χ2n) is 9.41. The number of urea groups is 1. The van der Waals surface area contributed by atoms with Crippen LogP contribution in [-0.2, 0) is 16.4 Å². The number of carbonyl (C=O) groups is 1. The lowest BCUT2D eigenvalue weighted by atomic mass is 9.76. The number of hydrogen-bond donors (Lipinski definition) is 3. The van der Waals surface area contributed by atoms with Gasteiger partial charge in [-0.15, -0.1) is 0 Å². The fourth-order valence-electron chi connectivity index (χ4n) is 5.00. The van der Waals surface area contributed by atoms with Crippen LogP contribution >= 0.6 is 0 Å². The molecular weight excluding hydrogens is 490 g/mol. The molecule has 0 bridgehead atoms. The highest BCUT2D eigenvalue weighted by atomic mass is 32.2. The van der Waals surface area contributed by atoms with Gasteiger partial charge >= 0.3 is 6.03 Å². The minimum atomic E-state index is -4.11. The van der Waals surface area contributed by atoms with Crippen molar-refractivity contribution in [3.63, 3.8) is 0 Å². The Bertz CT molecular complexity index is 1420. The number of phenols is 1. The number of aromatic hydroxyl groups is 1. The normalized spacial score (nSPS) is 17.4. The van der Waals surface area contributed by atoms with Gasteiger partial charge in [-0.25, -0.2) is 13.2 Å². The first-order valence-electron chi connectivity index (χ1n) is 12.1. The fraction of sp³-hybridized carbons (Fsp3) is 0.296. The van der Waals surface area contributed by atoms with Gasteiger partial charge in [-0.3, -0.25) is 0 Å². The van der Waals surface area contributed by atoms with Gasteiger partial charge in [-0.2, -0.15) is 0 Å². The Morgan fingerprint density at radius 3 is 2.46 bits per heavy atom. The zero-order valence-electron chi connectivity index (χ0n) is 20.5. The lowest BCUT2D eigenvalue weighted by molar-refractivity contribution is 0.262. The largest absolute Gasteiger partial charge is 0.508 e. The molecule has 9 nitrogen and oxygen atoms in total. The van der Waals surface area contributed by atoms with Crippen LogP contribution in [0.2, 0.25) is 0 Å². The summed E-state index contributed by atoms with van der Waals surface area (Å²) in [5, 5.41) is 16.5. The number of nitrogens with one attached hydrogen (secondary N) is 2. The summed E-state index contributed by atoms with van der Waals surface area (Å²) in [5.41, 5.74) is 12.3. The molecule has 3 aromatic carbocycles. The van der Waals surface area contributed by atoms with Gasteiger partial charge in [0.25, 0.3) is 10.0 Å². The maximum atomic E-state index is 13.0. The van der Waals surface area contributed by atoms with E-state index < -0.39 is 16.1 Å². The van der Waals surface area contributed by atoms with Crippen LogP contribution in [0.4, 0.5) is 16.2 Å². The van der Waals surface area contributed by atoms with E-state index in [1.165, 1.54) is 24.3 Å². The number of carbonyl (C=O) groups excluding carboxylic acids is 1. The molecule has 0 spiro atoms. The molecule has 2 amide bonds. The zero-order valence-corrected chi connectivity index (χ0v) is 21.3. The molecule has 0 heterocycles. The van der Waals surface area contributed by atoms with E-state index in [-0.39, 0.29) is 16.6 Å². The average Bonchev–Trinajstić information content (AvgIpc) is 2.87. The molecule has 192 valence electrons. The van der Waals surface area contributed by atoms with Crippen LogP contribution in [0, 0.1) is 5.92 Å². The van der Waals surface area contributed by atoms with Crippen LogP contribution < -0.4 is 10.6 Å². The van der Waals surface area contributed by atoms with Crippen LogP contribution in [0.3, 0.4) is 0 Å². The third-order valence-electron chi connectivity index (χ3n) is 6.70. The molecule has 2 unspecified atom stereocenters. The number of sulfonamides is 1.